The Morgan fingerprint density at radius 2 is 2.19 bits per heavy atom. The molecule has 0 amide bonds. The normalized spacial score (nSPS) is 25.0. The molecule has 0 radical (unpaired) electrons. The molecule has 120 valence electrons. The Balaban J connectivity index is 1.76. The van der Waals surface area contributed by atoms with Gasteiger partial charge in [-0.05, 0) is 38.6 Å². The molecule has 0 bridgehead atoms. The van der Waals surface area contributed by atoms with Gasteiger partial charge in [-0.15, -0.1) is 0 Å². The van der Waals surface area contributed by atoms with Crippen molar-refractivity contribution in [2.24, 2.45) is 11.8 Å². The van der Waals surface area contributed by atoms with E-state index in [4.69, 9.17) is 0 Å². The van der Waals surface area contributed by atoms with Crippen LogP contribution in [0.3, 0.4) is 0 Å². The zero-order chi connectivity index (χ0) is 15.5. The lowest BCUT2D eigenvalue weighted by molar-refractivity contribution is -0.183. The van der Waals surface area contributed by atoms with E-state index in [1.54, 1.807) is 6.20 Å². The molecular formula is C15H24F3N3. The molecule has 2 rings (SSSR count). The lowest BCUT2D eigenvalue weighted by Gasteiger charge is -2.31. The van der Waals surface area contributed by atoms with Crippen molar-refractivity contribution in [1.29, 1.82) is 0 Å². The highest BCUT2D eigenvalue weighted by atomic mass is 19.4. The molecule has 1 saturated carbocycles. The number of hydrogen-bond acceptors (Lipinski definition) is 2. The summed E-state index contributed by atoms with van der Waals surface area (Å²) in [5.74, 6) is 0.204. The lowest BCUT2D eigenvalue weighted by Crippen LogP contribution is -2.40. The van der Waals surface area contributed by atoms with Gasteiger partial charge in [0.2, 0.25) is 0 Å². The summed E-state index contributed by atoms with van der Waals surface area (Å²) in [5, 5.41) is 3.32. The molecular weight excluding hydrogens is 279 g/mol. The quantitative estimate of drug-likeness (QED) is 0.901. The van der Waals surface area contributed by atoms with Crippen LogP contribution in [-0.2, 0) is 6.54 Å². The summed E-state index contributed by atoms with van der Waals surface area (Å²) in [6.07, 6.45) is 1.68. The minimum Gasteiger partial charge on any atom is -0.335 e. The molecule has 1 aromatic rings. The molecule has 1 N–H and O–H groups in total. The predicted octanol–water partition coefficient (Wildman–Crippen LogP) is 3.54. The molecule has 0 saturated heterocycles. The van der Waals surface area contributed by atoms with Crippen molar-refractivity contribution in [2.45, 2.75) is 58.3 Å². The Bertz CT molecular complexity index is 442. The van der Waals surface area contributed by atoms with Gasteiger partial charge < -0.3 is 9.88 Å². The number of hydrogen-bond donors (Lipinski definition) is 1. The molecule has 3 nitrogen and oxygen atoms in total. The van der Waals surface area contributed by atoms with E-state index in [1.165, 1.54) is 0 Å². The molecule has 3 unspecified atom stereocenters. The monoisotopic (exact) mass is 303 g/mol. The molecule has 1 fully saturated rings. The maximum absolute atomic E-state index is 12.8. The van der Waals surface area contributed by atoms with Crippen LogP contribution in [0.25, 0.3) is 0 Å². The Morgan fingerprint density at radius 1 is 1.43 bits per heavy atom. The van der Waals surface area contributed by atoms with Gasteiger partial charge in [0.25, 0.3) is 0 Å². The van der Waals surface area contributed by atoms with Crippen molar-refractivity contribution < 1.29 is 13.2 Å². The van der Waals surface area contributed by atoms with Gasteiger partial charge >= 0.3 is 6.18 Å². The van der Waals surface area contributed by atoms with E-state index >= 15 is 0 Å². The number of nitrogens with zero attached hydrogens (tertiary/aromatic N) is 2. The van der Waals surface area contributed by atoms with Crippen LogP contribution in [0.15, 0.2) is 12.4 Å². The van der Waals surface area contributed by atoms with E-state index < -0.39 is 12.1 Å². The smallest absolute Gasteiger partial charge is 0.335 e. The molecule has 0 aromatic carbocycles. The van der Waals surface area contributed by atoms with E-state index in [1.807, 2.05) is 13.1 Å². The van der Waals surface area contributed by atoms with Gasteiger partial charge in [-0.25, -0.2) is 4.98 Å². The summed E-state index contributed by atoms with van der Waals surface area (Å²) >= 11 is 0. The maximum Gasteiger partial charge on any atom is 0.391 e. The second-order valence-corrected chi connectivity index (χ2v) is 6.24. The average molecular weight is 303 g/mol. The Labute approximate surface area is 123 Å². The molecule has 0 aliphatic heterocycles. The second-order valence-electron chi connectivity index (χ2n) is 6.24. The van der Waals surface area contributed by atoms with E-state index in [0.717, 1.165) is 25.3 Å². The number of imidazole rings is 1. The number of rotatable bonds is 5. The minimum absolute atomic E-state index is 0.00305. The number of aromatic nitrogens is 2. The van der Waals surface area contributed by atoms with Crippen molar-refractivity contribution in [2.75, 3.05) is 6.54 Å². The molecule has 1 aromatic heterocycles. The summed E-state index contributed by atoms with van der Waals surface area (Å²) in [4.78, 5) is 4.17. The van der Waals surface area contributed by atoms with E-state index in [2.05, 4.69) is 21.8 Å². The van der Waals surface area contributed by atoms with Gasteiger partial charge in [-0.3, -0.25) is 0 Å². The SMILES string of the molecule is Cc1nccn1CC(C)CNC1CCCC(C(F)(F)F)C1. The number of aryl methyl sites for hydroxylation is 1. The number of alkyl halides is 3. The Hall–Kier alpha value is -1.04. The molecule has 6 heteroatoms. The summed E-state index contributed by atoms with van der Waals surface area (Å²) in [6, 6.07) is -0.00305. The van der Waals surface area contributed by atoms with Crippen LogP contribution in [0.4, 0.5) is 13.2 Å². The fourth-order valence-corrected chi connectivity index (χ4v) is 3.04. The van der Waals surface area contributed by atoms with Gasteiger partial charge in [-0.1, -0.05) is 13.3 Å². The van der Waals surface area contributed by atoms with Gasteiger partial charge in [0.15, 0.2) is 0 Å². The van der Waals surface area contributed by atoms with Crippen LogP contribution in [0.5, 0.6) is 0 Å². The summed E-state index contributed by atoms with van der Waals surface area (Å²) < 4.78 is 40.4. The van der Waals surface area contributed by atoms with Crippen LogP contribution in [-0.4, -0.2) is 28.3 Å². The molecule has 1 aliphatic carbocycles. The average Bonchev–Trinajstić information content (AvgIpc) is 2.81. The molecule has 1 heterocycles. The van der Waals surface area contributed by atoms with Crippen LogP contribution < -0.4 is 5.32 Å². The third-order valence-electron chi connectivity index (χ3n) is 4.32. The molecule has 3 atom stereocenters. The van der Waals surface area contributed by atoms with Gasteiger partial charge in [-0.2, -0.15) is 13.2 Å². The molecule has 0 spiro atoms. The third kappa shape index (κ3) is 4.73. The number of nitrogens with one attached hydrogen (secondary N) is 1. The van der Waals surface area contributed by atoms with Crippen molar-refractivity contribution in [1.82, 2.24) is 14.9 Å². The highest BCUT2D eigenvalue weighted by Crippen LogP contribution is 2.37. The Morgan fingerprint density at radius 3 is 2.81 bits per heavy atom. The van der Waals surface area contributed by atoms with Crippen molar-refractivity contribution in [3.05, 3.63) is 18.2 Å². The Kier molecular flexibility index (Phi) is 5.30. The summed E-state index contributed by atoms with van der Waals surface area (Å²) in [5.41, 5.74) is 0. The zero-order valence-corrected chi connectivity index (χ0v) is 12.7. The molecule has 1 aliphatic rings. The summed E-state index contributed by atoms with van der Waals surface area (Å²) in [7, 11) is 0. The predicted molar refractivity (Wildman–Crippen MR) is 75.9 cm³/mol. The van der Waals surface area contributed by atoms with Crippen molar-refractivity contribution in [3.63, 3.8) is 0 Å². The van der Waals surface area contributed by atoms with Crippen LogP contribution in [0.2, 0.25) is 0 Å². The van der Waals surface area contributed by atoms with Gasteiger partial charge in [0, 0.05) is 25.0 Å². The first kappa shape index (κ1) is 16.3. The topological polar surface area (TPSA) is 29.9 Å². The lowest BCUT2D eigenvalue weighted by atomic mass is 9.85. The first-order chi connectivity index (χ1) is 9.86. The zero-order valence-electron chi connectivity index (χ0n) is 12.7. The standard InChI is InChI=1S/C15H24F3N3/c1-11(10-21-7-6-19-12(21)2)9-20-14-5-3-4-13(8-14)15(16,17)18/h6-7,11,13-14,20H,3-5,8-10H2,1-2H3. The number of halogens is 3. The van der Waals surface area contributed by atoms with Gasteiger partial charge in [0.1, 0.15) is 5.82 Å². The second kappa shape index (κ2) is 6.81. The van der Waals surface area contributed by atoms with E-state index in [9.17, 15) is 13.2 Å². The first-order valence-corrected chi connectivity index (χ1v) is 7.64. The third-order valence-corrected chi connectivity index (χ3v) is 4.32. The molecule has 21 heavy (non-hydrogen) atoms. The van der Waals surface area contributed by atoms with E-state index in [-0.39, 0.29) is 18.9 Å². The van der Waals surface area contributed by atoms with Crippen molar-refractivity contribution in [3.8, 4) is 0 Å². The largest absolute Gasteiger partial charge is 0.391 e. The van der Waals surface area contributed by atoms with Crippen molar-refractivity contribution >= 4 is 0 Å². The highest BCUT2D eigenvalue weighted by Gasteiger charge is 2.41. The maximum atomic E-state index is 12.8. The summed E-state index contributed by atoms with van der Waals surface area (Å²) in [6.45, 7) is 5.65. The van der Waals surface area contributed by atoms with Crippen LogP contribution in [0.1, 0.15) is 38.4 Å². The fraction of sp³-hybridized carbons (Fsp3) is 0.800. The van der Waals surface area contributed by atoms with Crippen LogP contribution in [0, 0.1) is 18.8 Å². The highest BCUT2D eigenvalue weighted by molar-refractivity contribution is 4.89. The van der Waals surface area contributed by atoms with Gasteiger partial charge in [0.05, 0.1) is 5.92 Å². The fourth-order valence-electron chi connectivity index (χ4n) is 3.04. The van der Waals surface area contributed by atoms with Crippen LogP contribution >= 0.6 is 0 Å². The first-order valence-electron chi connectivity index (χ1n) is 7.64. The minimum atomic E-state index is -4.04. The van der Waals surface area contributed by atoms with E-state index in [0.29, 0.717) is 12.3 Å².